The summed E-state index contributed by atoms with van der Waals surface area (Å²) in [5.74, 6) is 1.55. The molecule has 6 heteroatoms. The van der Waals surface area contributed by atoms with E-state index >= 15 is 0 Å². The van der Waals surface area contributed by atoms with Gasteiger partial charge in [-0.25, -0.2) is 9.97 Å². The van der Waals surface area contributed by atoms with E-state index in [1.807, 2.05) is 13.1 Å². The van der Waals surface area contributed by atoms with Crippen molar-refractivity contribution in [3.63, 3.8) is 0 Å². The lowest BCUT2D eigenvalue weighted by atomic mass is 9.94. The van der Waals surface area contributed by atoms with Crippen molar-refractivity contribution in [2.45, 2.75) is 31.2 Å². The molecule has 0 amide bonds. The number of aromatic nitrogens is 2. The van der Waals surface area contributed by atoms with E-state index in [2.05, 4.69) is 55.9 Å². The second kappa shape index (κ2) is 8.47. The largest absolute Gasteiger partial charge is 0.393 e. The lowest BCUT2D eigenvalue weighted by Gasteiger charge is -2.21. The summed E-state index contributed by atoms with van der Waals surface area (Å²) in [6.45, 7) is 0. The molecule has 0 bridgehead atoms. The first-order valence-electron chi connectivity index (χ1n) is 8.98. The molecule has 0 spiro atoms. The Morgan fingerprint density at radius 2 is 2.04 bits per heavy atom. The minimum absolute atomic E-state index is 0.335. The zero-order valence-corrected chi connectivity index (χ0v) is 15.3. The van der Waals surface area contributed by atoms with Gasteiger partial charge >= 0.3 is 0 Å². The lowest BCUT2D eigenvalue weighted by molar-refractivity contribution is 0.644. The van der Waals surface area contributed by atoms with E-state index in [1.165, 1.54) is 18.4 Å². The number of nitrogens with two attached hydrogens (primary N) is 1. The van der Waals surface area contributed by atoms with Crippen LogP contribution >= 0.6 is 0 Å². The molecule has 1 saturated carbocycles. The fraction of sp³-hybridized carbons (Fsp3) is 0.350. The predicted molar refractivity (Wildman–Crippen MR) is 107 cm³/mol. The van der Waals surface area contributed by atoms with Gasteiger partial charge in [-0.05, 0) is 24.5 Å². The molecule has 3 rings (SSSR count). The third-order valence-electron chi connectivity index (χ3n) is 4.80. The smallest absolute Gasteiger partial charge is 0.223 e. The zero-order valence-electron chi connectivity index (χ0n) is 15.3. The molecule has 0 aliphatic heterocycles. The second-order valence-corrected chi connectivity index (χ2v) is 6.42. The highest BCUT2D eigenvalue weighted by molar-refractivity contribution is 6.21. The molecule has 1 fully saturated rings. The number of hydrogen-bond donors (Lipinski definition) is 3. The topological polar surface area (TPSA) is 88.2 Å². The molecule has 4 N–H and O–H groups in total. The van der Waals surface area contributed by atoms with Gasteiger partial charge in [-0.2, -0.15) is 0 Å². The van der Waals surface area contributed by atoms with Crippen LogP contribution in [-0.2, 0) is 0 Å². The van der Waals surface area contributed by atoms with Crippen LogP contribution in [0, 0.1) is 0 Å². The Bertz CT molecular complexity index is 784. The molecule has 0 saturated heterocycles. The maximum atomic E-state index is 6.01. The predicted octanol–water partition coefficient (Wildman–Crippen LogP) is 2.77. The van der Waals surface area contributed by atoms with Gasteiger partial charge in [-0.3, -0.25) is 4.99 Å². The molecule has 1 aliphatic carbocycles. The summed E-state index contributed by atoms with van der Waals surface area (Å²) in [6.07, 6.45) is 7.06. The number of nitrogens with zero attached hydrogens (tertiary/aromatic N) is 3. The summed E-state index contributed by atoms with van der Waals surface area (Å²) < 4.78 is 0. The molecule has 136 valence electrons. The molecule has 1 aromatic heterocycles. The fourth-order valence-electron chi connectivity index (χ4n) is 3.52. The maximum absolute atomic E-state index is 6.01. The quantitative estimate of drug-likeness (QED) is 0.551. The summed E-state index contributed by atoms with van der Waals surface area (Å²) in [6, 6.07) is 12.8. The van der Waals surface area contributed by atoms with Gasteiger partial charge in [0, 0.05) is 38.5 Å². The summed E-state index contributed by atoms with van der Waals surface area (Å²) in [7, 11) is 3.49. The molecule has 0 radical (unpaired) electrons. The standard InChI is InChI=1S/C20H26N6/c1-22-13-16(19(21)23-2)18-11-12-24-20(26-18)25-17-10-6-9-15(17)14-7-4-3-5-8-14/h3-5,7-8,11-13,15,17,22H,6,9-10H2,1-2H3,(H2,21,23)(H,24,25,26). The van der Waals surface area contributed by atoms with E-state index in [1.54, 1.807) is 19.4 Å². The van der Waals surface area contributed by atoms with Crippen LogP contribution in [0.3, 0.4) is 0 Å². The summed E-state index contributed by atoms with van der Waals surface area (Å²) in [4.78, 5) is 13.1. The Labute approximate surface area is 154 Å². The SMILES string of the molecule is CN=C(N)C(=CNC)c1ccnc(NC2CCCC2c2ccccc2)n1. The van der Waals surface area contributed by atoms with E-state index in [4.69, 9.17) is 5.73 Å². The third-order valence-corrected chi connectivity index (χ3v) is 4.80. The van der Waals surface area contributed by atoms with Crippen LogP contribution in [0.2, 0.25) is 0 Å². The lowest BCUT2D eigenvalue weighted by Crippen LogP contribution is -2.24. The number of nitrogens with one attached hydrogen (secondary N) is 2. The average Bonchev–Trinajstić information content (AvgIpc) is 3.14. The van der Waals surface area contributed by atoms with E-state index in [-0.39, 0.29) is 0 Å². The van der Waals surface area contributed by atoms with Crippen molar-refractivity contribution in [2.75, 3.05) is 19.4 Å². The summed E-state index contributed by atoms with van der Waals surface area (Å²) in [5, 5.41) is 6.53. The van der Waals surface area contributed by atoms with E-state index in [0.717, 1.165) is 17.7 Å². The Hall–Kier alpha value is -2.89. The first-order valence-corrected chi connectivity index (χ1v) is 8.98. The second-order valence-electron chi connectivity index (χ2n) is 6.42. The van der Waals surface area contributed by atoms with Gasteiger partial charge in [-0.1, -0.05) is 36.8 Å². The Kier molecular flexibility index (Phi) is 5.84. The average molecular weight is 350 g/mol. The Morgan fingerprint density at radius 1 is 1.23 bits per heavy atom. The van der Waals surface area contributed by atoms with Gasteiger partial charge in [0.1, 0.15) is 5.84 Å². The molecule has 26 heavy (non-hydrogen) atoms. The van der Waals surface area contributed by atoms with Gasteiger partial charge in [-0.15, -0.1) is 0 Å². The number of rotatable bonds is 6. The van der Waals surface area contributed by atoms with E-state index < -0.39 is 0 Å². The molecule has 1 aromatic carbocycles. The minimum atomic E-state index is 0.335. The number of benzene rings is 1. The van der Waals surface area contributed by atoms with Crippen molar-refractivity contribution in [1.29, 1.82) is 0 Å². The molecule has 1 heterocycles. The Balaban J connectivity index is 1.81. The van der Waals surface area contributed by atoms with E-state index in [9.17, 15) is 0 Å². The van der Waals surface area contributed by atoms with Crippen molar-refractivity contribution in [3.05, 3.63) is 60.1 Å². The molecular formula is C20H26N6. The van der Waals surface area contributed by atoms with Crippen LogP contribution in [0.1, 0.15) is 36.4 Å². The van der Waals surface area contributed by atoms with Crippen LogP contribution in [0.4, 0.5) is 5.95 Å². The first-order chi connectivity index (χ1) is 12.7. The number of amidine groups is 1. The van der Waals surface area contributed by atoms with Crippen molar-refractivity contribution in [1.82, 2.24) is 15.3 Å². The van der Waals surface area contributed by atoms with Crippen LogP contribution < -0.4 is 16.4 Å². The van der Waals surface area contributed by atoms with Crippen LogP contribution in [-0.4, -0.2) is 35.9 Å². The Morgan fingerprint density at radius 3 is 2.77 bits per heavy atom. The third kappa shape index (κ3) is 4.02. The van der Waals surface area contributed by atoms with Crippen molar-refractivity contribution in [3.8, 4) is 0 Å². The van der Waals surface area contributed by atoms with Gasteiger partial charge in [0.15, 0.2) is 0 Å². The van der Waals surface area contributed by atoms with E-state index in [0.29, 0.717) is 23.7 Å². The molecule has 2 atom stereocenters. The highest BCUT2D eigenvalue weighted by atomic mass is 15.1. The van der Waals surface area contributed by atoms with Crippen molar-refractivity contribution < 1.29 is 0 Å². The number of aliphatic imine (C=N–C) groups is 1. The van der Waals surface area contributed by atoms with Crippen molar-refractivity contribution in [2.24, 2.45) is 10.7 Å². The maximum Gasteiger partial charge on any atom is 0.223 e. The first kappa shape index (κ1) is 17.9. The molecule has 6 nitrogen and oxygen atoms in total. The molecule has 2 unspecified atom stereocenters. The normalized spacial score (nSPS) is 20.8. The van der Waals surface area contributed by atoms with Gasteiger partial charge in [0.05, 0.1) is 11.3 Å². The minimum Gasteiger partial charge on any atom is -0.393 e. The van der Waals surface area contributed by atoms with Crippen LogP contribution in [0.25, 0.3) is 5.57 Å². The number of anilines is 1. The van der Waals surface area contributed by atoms with Crippen LogP contribution in [0.5, 0.6) is 0 Å². The van der Waals surface area contributed by atoms with Crippen molar-refractivity contribution >= 4 is 17.4 Å². The van der Waals surface area contributed by atoms with Gasteiger partial charge < -0.3 is 16.4 Å². The monoisotopic (exact) mass is 350 g/mol. The fourth-order valence-corrected chi connectivity index (χ4v) is 3.52. The molecule has 1 aliphatic rings. The molecular weight excluding hydrogens is 324 g/mol. The zero-order chi connectivity index (χ0) is 18.4. The number of hydrogen-bond acceptors (Lipinski definition) is 5. The highest BCUT2D eigenvalue weighted by Crippen LogP contribution is 2.36. The molecule has 2 aromatic rings. The van der Waals surface area contributed by atoms with Gasteiger partial charge in [0.2, 0.25) is 5.95 Å². The van der Waals surface area contributed by atoms with Gasteiger partial charge in [0.25, 0.3) is 0 Å². The van der Waals surface area contributed by atoms with Crippen LogP contribution in [0.15, 0.2) is 53.8 Å². The summed E-state index contributed by atoms with van der Waals surface area (Å²) in [5.41, 5.74) is 8.88. The highest BCUT2D eigenvalue weighted by Gasteiger charge is 2.29. The summed E-state index contributed by atoms with van der Waals surface area (Å²) >= 11 is 0.